The smallest absolute Gasteiger partial charge is 0.0665 e. The van der Waals surface area contributed by atoms with Crippen molar-refractivity contribution in [3.05, 3.63) is 80.2 Å². The van der Waals surface area contributed by atoms with Crippen LogP contribution in [0.2, 0.25) is 10.0 Å². The van der Waals surface area contributed by atoms with Gasteiger partial charge in [-0.3, -0.25) is 0 Å². The quantitative estimate of drug-likeness (QED) is 0.361. The van der Waals surface area contributed by atoms with Crippen LogP contribution in [0.15, 0.2) is 59.1 Å². The van der Waals surface area contributed by atoms with Crippen LogP contribution in [-0.4, -0.2) is 0 Å². The summed E-state index contributed by atoms with van der Waals surface area (Å²) in [4.78, 5) is -0.0123. The monoisotopic (exact) mass is 442 g/mol. The molecule has 0 N–H and O–H groups in total. The second-order valence-electron chi connectivity index (χ2n) is 4.69. The molecule has 21 heavy (non-hydrogen) atoms. The predicted octanol–water partition coefficient (Wildman–Crippen LogP) is 7.39. The Morgan fingerprint density at radius 1 is 0.762 bits per heavy atom. The van der Waals surface area contributed by atoms with Crippen LogP contribution in [-0.2, 0) is 0 Å². The minimum atomic E-state index is -0.0123. The summed E-state index contributed by atoms with van der Waals surface area (Å²) in [6.45, 7) is 0. The van der Waals surface area contributed by atoms with Crippen molar-refractivity contribution in [3.63, 3.8) is 0 Å². The molecule has 0 bridgehead atoms. The molecule has 3 aromatic rings. The van der Waals surface area contributed by atoms with Crippen LogP contribution in [0.3, 0.4) is 0 Å². The highest BCUT2D eigenvalue weighted by molar-refractivity contribution is 9.10. The maximum Gasteiger partial charge on any atom is 0.0665 e. The highest BCUT2D eigenvalue weighted by Crippen LogP contribution is 2.41. The van der Waals surface area contributed by atoms with E-state index in [1.165, 1.54) is 10.8 Å². The Bertz CT molecular complexity index is 815. The lowest BCUT2D eigenvalue weighted by atomic mass is 9.98. The minimum Gasteiger partial charge on any atom is -0.0827 e. The van der Waals surface area contributed by atoms with Crippen molar-refractivity contribution in [1.29, 1.82) is 0 Å². The van der Waals surface area contributed by atoms with Crippen molar-refractivity contribution in [2.24, 2.45) is 0 Å². The predicted molar refractivity (Wildman–Crippen MR) is 98.9 cm³/mol. The van der Waals surface area contributed by atoms with E-state index < -0.39 is 0 Å². The molecule has 0 saturated heterocycles. The first-order valence-corrected chi connectivity index (χ1v) is 8.81. The first kappa shape index (κ1) is 15.4. The summed E-state index contributed by atoms with van der Waals surface area (Å²) >= 11 is 19.8. The zero-order valence-electron chi connectivity index (χ0n) is 10.8. The van der Waals surface area contributed by atoms with Gasteiger partial charge in [0, 0.05) is 4.47 Å². The number of halogens is 4. The van der Waals surface area contributed by atoms with Crippen LogP contribution in [0.4, 0.5) is 0 Å². The maximum atomic E-state index is 6.35. The summed E-state index contributed by atoms with van der Waals surface area (Å²) in [6, 6.07) is 18.2. The fourth-order valence-corrected chi connectivity index (χ4v) is 4.20. The van der Waals surface area contributed by atoms with Crippen LogP contribution >= 0.6 is 55.1 Å². The standard InChI is InChI=1S/C17H10Br2Cl2/c18-14-9-8-12(10-4-1-2-5-11(10)14)16(19)13-6-3-7-15(20)17(13)21/h1-9,16H. The van der Waals surface area contributed by atoms with Crippen molar-refractivity contribution < 1.29 is 0 Å². The summed E-state index contributed by atoms with van der Waals surface area (Å²) < 4.78 is 1.08. The molecule has 0 fully saturated rings. The normalized spacial score (nSPS) is 12.6. The van der Waals surface area contributed by atoms with E-state index in [-0.39, 0.29) is 4.83 Å². The molecule has 1 unspecified atom stereocenters. The summed E-state index contributed by atoms with van der Waals surface area (Å²) in [5, 5.41) is 3.52. The van der Waals surface area contributed by atoms with Gasteiger partial charge in [-0.25, -0.2) is 0 Å². The van der Waals surface area contributed by atoms with Crippen molar-refractivity contribution in [3.8, 4) is 0 Å². The van der Waals surface area contributed by atoms with Crippen molar-refractivity contribution in [2.75, 3.05) is 0 Å². The molecule has 3 rings (SSSR count). The second-order valence-corrected chi connectivity index (χ2v) is 7.24. The summed E-state index contributed by atoms with van der Waals surface area (Å²) in [7, 11) is 0. The molecule has 0 nitrogen and oxygen atoms in total. The van der Waals surface area contributed by atoms with Crippen molar-refractivity contribution in [1.82, 2.24) is 0 Å². The Morgan fingerprint density at radius 3 is 2.24 bits per heavy atom. The summed E-state index contributed by atoms with van der Waals surface area (Å²) in [5.41, 5.74) is 2.13. The number of benzene rings is 3. The van der Waals surface area contributed by atoms with E-state index >= 15 is 0 Å². The van der Waals surface area contributed by atoms with Crippen molar-refractivity contribution in [2.45, 2.75) is 4.83 Å². The first-order valence-electron chi connectivity index (χ1n) is 6.34. The zero-order valence-corrected chi connectivity index (χ0v) is 15.5. The molecular weight excluding hydrogens is 435 g/mol. The summed E-state index contributed by atoms with van der Waals surface area (Å²) in [6.07, 6.45) is 0. The van der Waals surface area contributed by atoms with Gasteiger partial charge >= 0.3 is 0 Å². The highest BCUT2D eigenvalue weighted by Gasteiger charge is 2.18. The van der Waals surface area contributed by atoms with E-state index in [0.717, 1.165) is 15.6 Å². The Balaban J connectivity index is 2.21. The number of alkyl halides is 1. The Hall–Kier alpha value is -0.540. The van der Waals surface area contributed by atoms with Gasteiger partial charge in [0.15, 0.2) is 0 Å². The minimum absolute atomic E-state index is 0.0123. The van der Waals surface area contributed by atoms with Gasteiger partial charge in [-0.05, 0) is 34.0 Å². The van der Waals surface area contributed by atoms with E-state index in [4.69, 9.17) is 23.2 Å². The van der Waals surface area contributed by atoms with Gasteiger partial charge in [-0.15, -0.1) is 0 Å². The van der Waals surface area contributed by atoms with Crippen molar-refractivity contribution >= 4 is 65.8 Å². The Morgan fingerprint density at radius 2 is 1.48 bits per heavy atom. The van der Waals surface area contributed by atoms with Gasteiger partial charge < -0.3 is 0 Å². The molecule has 0 aliphatic heterocycles. The van der Waals surface area contributed by atoms with E-state index in [0.29, 0.717) is 10.0 Å². The molecule has 0 aliphatic carbocycles. The molecule has 0 saturated carbocycles. The molecule has 0 radical (unpaired) electrons. The third-order valence-corrected chi connectivity index (χ3v) is 5.94. The molecule has 0 heterocycles. The SMILES string of the molecule is Clc1cccc(C(Br)c2ccc(Br)c3ccccc23)c1Cl. The molecule has 0 aliphatic rings. The van der Waals surface area contributed by atoms with E-state index in [1.54, 1.807) is 6.07 Å². The molecule has 3 aromatic carbocycles. The molecule has 106 valence electrons. The van der Waals surface area contributed by atoms with Crippen LogP contribution in [0.25, 0.3) is 10.8 Å². The third kappa shape index (κ3) is 2.87. The van der Waals surface area contributed by atoms with Crippen LogP contribution in [0, 0.1) is 0 Å². The molecule has 1 atom stereocenters. The average Bonchev–Trinajstić information content (AvgIpc) is 2.50. The highest BCUT2D eigenvalue weighted by atomic mass is 79.9. The second kappa shape index (κ2) is 6.29. The average molecular weight is 445 g/mol. The third-order valence-electron chi connectivity index (χ3n) is 3.43. The Kier molecular flexibility index (Phi) is 4.60. The molecule has 4 heteroatoms. The van der Waals surface area contributed by atoms with E-state index in [2.05, 4.69) is 56.1 Å². The number of fused-ring (bicyclic) bond motifs is 1. The lowest BCUT2D eigenvalue weighted by molar-refractivity contribution is 1.20. The van der Waals surface area contributed by atoms with Gasteiger partial charge in [-0.2, -0.15) is 0 Å². The fraction of sp³-hybridized carbons (Fsp3) is 0.0588. The molecule has 0 amide bonds. The van der Waals surface area contributed by atoms with Crippen LogP contribution in [0.5, 0.6) is 0 Å². The molecular formula is C17H10Br2Cl2. The lowest BCUT2D eigenvalue weighted by Gasteiger charge is -2.16. The fourth-order valence-electron chi connectivity index (χ4n) is 2.39. The van der Waals surface area contributed by atoms with E-state index in [1.807, 2.05) is 24.3 Å². The molecule has 0 spiro atoms. The number of rotatable bonds is 2. The Labute approximate surface area is 150 Å². The number of hydrogen-bond acceptors (Lipinski definition) is 0. The molecule has 0 aromatic heterocycles. The maximum absolute atomic E-state index is 6.35. The van der Waals surface area contributed by atoms with Gasteiger partial charge in [0.25, 0.3) is 0 Å². The number of hydrogen-bond donors (Lipinski definition) is 0. The first-order chi connectivity index (χ1) is 10.1. The zero-order chi connectivity index (χ0) is 15.0. The van der Waals surface area contributed by atoms with Gasteiger partial charge in [0.1, 0.15) is 0 Å². The van der Waals surface area contributed by atoms with E-state index in [9.17, 15) is 0 Å². The van der Waals surface area contributed by atoms with Crippen LogP contribution < -0.4 is 0 Å². The van der Waals surface area contributed by atoms with Gasteiger partial charge in [-0.1, -0.05) is 97.5 Å². The van der Waals surface area contributed by atoms with Gasteiger partial charge in [0.05, 0.1) is 14.9 Å². The largest absolute Gasteiger partial charge is 0.0827 e. The topological polar surface area (TPSA) is 0 Å². The summed E-state index contributed by atoms with van der Waals surface area (Å²) in [5.74, 6) is 0. The van der Waals surface area contributed by atoms with Gasteiger partial charge in [0.2, 0.25) is 0 Å². The lowest BCUT2D eigenvalue weighted by Crippen LogP contribution is -1.96. The van der Waals surface area contributed by atoms with Crippen LogP contribution in [0.1, 0.15) is 16.0 Å².